The topological polar surface area (TPSA) is 50.7 Å². The maximum Gasteiger partial charge on any atom is 0.250 e. The van der Waals surface area contributed by atoms with E-state index in [1.807, 2.05) is 0 Å². The molecule has 4 nitrogen and oxygen atoms in total. The van der Waals surface area contributed by atoms with Gasteiger partial charge in [-0.05, 0) is 13.3 Å². The van der Waals surface area contributed by atoms with Gasteiger partial charge >= 0.3 is 0 Å². The van der Waals surface area contributed by atoms with Gasteiger partial charge in [0.1, 0.15) is 5.82 Å². The Morgan fingerprint density at radius 2 is 1.78 bits per heavy atom. The molecule has 0 radical (unpaired) electrons. The number of aryl methyl sites for hydroxylation is 1. The first-order valence-corrected chi connectivity index (χ1v) is 7.10. The second-order valence-corrected chi connectivity index (χ2v) is 6.30. The van der Waals surface area contributed by atoms with Crippen LogP contribution in [0.1, 0.15) is 44.3 Å². The lowest BCUT2D eigenvalue weighted by Gasteiger charge is -2.11. The Morgan fingerprint density at radius 1 is 1.06 bits per heavy atom. The number of nitrogens with zero attached hydrogens (tertiary/aromatic N) is 3. The number of alkyl halides is 3. The summed E-state index contributed by atoms with van der Waals surface area (Å²) in [6.45, 7) is 4.72. The van der Waals surface area contributed by atoms with Gasteiger partial charge < -0.3 is 5.32 Å². The first-order chi connectivity index (χ1) is 8.43. The lowest BCUT2D eigenvalue weighted by atomic mass is 10.2. The number of nitrogens with one attached hydrogen (secondary N) is 1. The summed E-state index contributed by atoms with van der Waals surface area (Å²) >= 11 is 17.3. The molecule has 0 aliphatic carbocycles. The first kappa shape index (κ1) is 15.7. The van der Waals surface area contributed by atoms with E-state index in [4.69, 9.17) is 34.8 Å². The highest BCUT2D eigenvalue weighted by atomic mass is 35.6. The molecule has 0 amide bonds. The van der Waals surface area contributed by atoms with Gasteiger partial charge in [0, 0.05) is 6.54 Å². The van der Waals surface area contributed by atoms with Crippen molar-refractivity contribution in [3.8, 4) is 0 Å². The molecule has 0 spiro atoms. The van der Waals surface area contributed by atoms with Gasteiger partial charge in [-0.15, -0.1) is 0 Å². The molecule has 1 heterocycles. The Hall–Kier alpha value is -0.320. The number of rotatable bonds is 6. The zero-order valence-corrected chi connectivity index (χ0v) is 12.8. The van der Waals surface area contributed by atoms with Crippen LogP contribution < -0.4 is 5.32 Å². The van der Waals surface area contributed by atoms with Gasteiger partial charge in [-0.2, -0.15) is 9.97 Å². The van der Waals surface area contributed by atoms with Crippen molar-refractivity contribution in [1.82, 2.24) is 15.0 Å². The van der Waals surface area contributed by atoms with Gasteiger partial charge in [-0.1, -0.05) is 61.0 Å². The molecule has 0 saturated carbocycles. The van der Waals surface area contributed by atoms with Crippen LogP contribution in [0.4, 0.5) is 5.95 Å². The monoisotopic (exact) mass is 310 g/mol. The van der Waals surface area contributed by atoms with Gasteiger partial charge in [0.25, 0.3) is 0 Å². The molecule has 0 bridgehead atoms. The maximum absolute atomic E-state index is 5.76. The molecule has 7 heteroatoms. The van der Waals surface area contributed by atoms with Gasteiger partial charge in [0.15, 0.2) is 5.82 Å². The summed E-state index contributed by atoms with van der Waals surface area (Å²) in [5.74, 6) is 1.14. The molecule has 1 rings (SSSR count). The van der Waals surface area contributed by atoms with Crippen molar-refractivity contribution in [3.63, 3.8) is 0 Å². The average molecular weight is 312 g/mol. The van der Waals surface area contributed by atoms with Crippen LogP contribution in [0.25, 0.3) is 0 Å². The molecule has 0 saturated heterocycles. The van der Waals surface area contributed by atoms with Crippen LogP contribution in [0, 0.1) is 6.92 Å². The number of hydrogen-bond donors (Lipinski definition) is 1. The number of unbranched alkanes of at least 4 members (excludes halogenated alkanes) is 3. The third kappa shape index (κ3) is 5.55. The fourth-order valence-corrected chi connectivity index (χ4v) is 1.69. The van der Waals surface area contributed by atoms with E-state index in [1.54, 1.807) is 6.92 Å². The molecule has 1 aromatic heterocycles. The minimum Gasteiger partial charge on any atom is -0.354 e. The Labute approximate surface area is 122 Å². The normalized spacial score (nSPS) is 11.6. The summed E-state index contributed by atoms with van der Waals surface area (Å²) in [7, 11) is 0. The zero-order valence-electron chi connectivity index (χ0n) is 10.5. The molecule has 0 aromatic carbocycles. The van der Waals surface area contributed by atoms with E-state index >= 15 is 0 Å². The van der Waals surface area contributed by atoms with E-state index in [0.717, 1.165) is 13.0 Å². The van der Waals surface area contributed by atoms with E-state index < -0.39 is 3.79 Å². The molecular formula is C11H17Cl3N4. The highest BCUT2D eigenvalue weighted by molar-refractivity contribution is 6.66. The van der Waals surface area contributed by atoms with Crippen molar-refractivity contribution >= 4 is 40.8 Å². The SMILES string of the molecule is CCCCCCNc1nc(C)nc(C(Cl)(Cl)Cl)n1. The molecule has 1 N–H and O–H groups in total. The van der Waals surface area contributed by atoms with Crippen LogP contribution >= 0.6 is 34.8 Å². The first-order valence-electron chi connectivity index (χ1n) is 5.97. The molecule has 0 fully saturated rings. The van der Waals surface area contributed by atoms with Gasteiger partial charge in [-0.25, -0.2) is 4.98 Å². The third-order valence-electron chi connectivity index (χ3n) is 2.31. The van der Waals surface area contributed by atoms with E-state index in [9.17, 15) is 0 Å². The summed E-state index contributed by atoms with van der Waals surface area (Å²) in [5, 5.41) is 3.12. The number of anilines is 1. The molecule has 18 heavy (non-hydrogen) atoms. The largest absolute Gasteiger partial charge is 0.354 e. The van der Waals surface area contributed by atoms with Gasteiger partial charge in [0.2, 0.25) is 9.74 Å². The van der Waals surface area contributed by atoms with Crippen molar-refractivity contribution in [2.75, 3.05) is 11.9 Å². The van der Waals surface area contributed by atoms with E-state index in [2.05, 4.69) is 27.2 Å². The van der Waals surface area contributed by atoms with Crippen molar-refractivity contribution in [1.29, 1.82) is 0 Å². The minimum atomic E-state index is -1.62. The molecule has 1 aromatic rings. The third-order valence-corrected chi connectivity index (χ3v) is 2.82. The summed E-state index contributed by atoms with van der Waals surface area (Å²) in [5.41, 5.74) is 0. The summed E-state index contributed by atoms with van der Waals surface area (Å²) in [6.07, 6.45) is 4.70. The fourth-order valence-electron chi connectivity index (χ4n) is 1.44. The summed E-state index contributed by atoms with van der Waals surface area (Å²) in [4.78, 5) is 12.3. The van der Waals surface area contributed by atoms with Crippen LogP contribution in [0.3, 0.4) is 0 Å². The van der Waals surface area contributed by atoms with E-state index in [1.165, 1.54) is 19.3 Å². The Bertz CT molecular complexity index is 379. The maximum atomic E-state index is 5.76. The molecule has 102 valence electrons. The van der Waals surface area contributed by atoms with E-state index in [0.29, 0.717) is 11.8 Å². The van der Waals surface area contributed by atoms with Crippen molar-refractivity contribution in [2.24, 2.45) is 0 Å². The number of hydrogen-bond acceptors (Lipinski definition) is 4. The Morgan fingerprint density at radius 3 is 2.39 bits per heavy atom. The minimum absolute atomic E-state index is 0.149. The lowest BCUT2D eigenvalue weighted by molar-refractivity contribution is 0.682. The van der Waals surface area contributed by atoms with Crippen LogP contribution in [-0.2, 0) is 3.79 Å². The van der Waals surface area contributed by atoms with Crippen molar-refractivity contribution in [2.45, 2.75) is 43.3 Å². The standard InChI is InChI=1S/C11H17Cl3N4/c1-3-4-5-6-7-15-10-17-8(2)16-9(18-10)11(12,13)14/h3-7H2,1-2H3,(H,15,16,17,18). The van der Waals surface area contributed by atoms with Crippen molar-refractivity contribution in [3.05, 3.63) is 11.6 Å². The van der Waals surface area contributed by atoms with Crippen LogP contribution in [0.15, 0.2) is 0 Å². The Kier molecular flexibility index (Phi) is 6.39. The van der Waals surface area contributed by atoms with Crippen LogP contribution in [0.2, 0.25) is 0 Å². The second kappa shape index (κ2) is 7.31. The zero-order chi connectivity index (χ0) is 13.6. The molecule has 0 aliphatic heterocycles. The van der Waals surface area contributed by atoms with Gasteiger partial charge in [-0.3, -0.25) is 0 Å². The Balaban J connectivity index is 2.58. The van der Waals surface area contributed by atoms with Gasteiger partial charge in [0.05, 0.1) is 0 Å². The highest BCUT2D eigenvalue weighted by Gasteiger charge is 2.27. The average Bonchev–Trinajstić information content (AvgIpc) is 2.27. The number of halogens is 3. The second-order valence-electron chi connectivity index (χ2n) is 4.02. The predicted octanol–water partition coefficient (Wildman–Crippen LogP) is 4.00. The van der Waals surface area contributed by atoms with Crippen LogP contribution in [0.5, 0.6) is 0 Å². The molecular weight excluding hydrogens is 295 g/mol. The molecule has 0 atom stereocenters. The molecule has 0 unspecified atom stereocenters. The predicted molar refractivity (Wildman–Crippen MR) is 76.4 cm³/mol. The summed E-state index contributed by atoms with van der Waals surface area (Å²) < 4.78 is -1.62. The highest BCUT2D eigenvalue weighted by Crippen LogP contribution is 2.35. The lowest BCUT2D eigenvalue weighted by Crippen LogP contribution is -2.14. The smallest absolute Gasteiger partial charge is 0.250 e. The number of aromatic nitrogens is 3. The van der Waals surface area contributed by atoms with Crippen LogP contribution in [-0.4, -0.2) is 21.5 Å². The van der Waals surface area contributed by atoms with Crippen molar-refractivity contribution < 1.29 is 0 Å². The molecule has 0 aliphatic rings. The fraction of sp³-hybridized carbons (Fsp3) is 0.727. The summed E-state index contributed by atoms with van der Waals surface area (Å²) in [6, 6.07) is 0. The quantitative estimate of drug-likeness (QED) is 0.637. The van der Waals surface area contributed by atoms with E-state index in [-0.39, 0.29) is 5.82 Å².